The van der Waals surface area contributed by atoms with Crippen LogP contribution < -0.4 is 5.32 Å². The van der Waals surface area contributed by atoms with Crippen molar-refractivity contribution in [2.75, 3.05) is 12.4 Å². The summed E-state index contributed by atoms with van der Waals surface area (Å²) in [5.41, 5.74) is 1.92. The Morgan fingerprint density at radius 2 is 1.89 bits per heavy atom. The molecule has 0 unspecified atom stereocenters. The number of anilines is 1. The maximum atomic E-state index is 6.03. The number of hydrogen-bond acceptors (Lipinski definition) is 4. The van der Waals surface area contributed by atoms with Crippen molar-refractivity contribution in [2.24, 2.45) is 0 Å². The molecular weight excluding hydrogens is 278 g/mol. The predicted molar refractivity (Wildman–Crippen MR) is 83.3 cm³/mol. The monoisotopic (exact) mass is 295 g/mol. The van der Waals surface area contributed by atoms with Gasteiger partial charge in [-0.25, -0.2) is 9.97 Å². The van der Waals surface area contributed by atoms with E-state index in [1.165, 1.54) is 0 Å². The van der Waals surface area contributed by atoms with Gasteiger partial charge in [-0.1, -0.05) is 32.4 Å². The van der Waals surface area contributed by atoms with Gasteiger partial charge in [0.1, 0.15) is 11.6 Å². The van der Waals surface area contributed by atoms with Crippen LogP contribution in [-0.4, -0.2) is 17.0 Å². The minimum absolute atomic E-state index is 0.0882. The second-order valence-corrected chi connectivity index (χ2v) is 7.19. The highest BCUT2D eigenvalue weighted by molar-refractivity contribution is 7.19. The van der Waals surface area contributed by atoms with Gasteiger partial charge >= 0.3 is 0 Å². The van der Waals surface area contributed by atoms with Gasteiger partial charge in [-0.3, -0.25) is 0 Å². The summed E-state index contributed by atoms with van der Waals surface area (Å²) >= 11 is 7.57. The number of aromatic nitrogens is 2. The summed E-state index contributed by atoms with van der Waals surface area (Å²) in [4.78, 5) is 10.4. The molecule has 3 nitrogen and oxygen atoms in total. The zero-order valence-corrected chi connectivity index (χ0v) is 13.4. The molecule has 0 spiro atoms. The average molecular weight is 296 g/mol. The summed E-state index contributed by atoms with van der Waals surface area (Å²) in [6.45, 7) is 8.37. The largest absolute Gasteiger partial charge is 0.373 e. The van der Waals surface area contributed by atoms with Gasteiger partial charge in [0.15, 0.2) is 0 Å². The Morgan fingerprint density at radius 3 is 2.37 bits per heavy atom. The molecule has 2 aromatic rings. The van der Waals surface area contributed by atoms with Crippen molar-refractivity contribution < 1.29 is 0 Å². The Morgan fingerprint density at radius 1 is 1.21 bits per heavy atom. The first-order valence-electron chi connectivity index (χ1n) is 6.15. The van der Waals surface area contributed by atoms with Crippen LogP contribution in [0, 0.1) is 6.92 Å². The molecule has 0 aromatic carbocycles. The molecule has 0 bridgehead atoms. The quantitative estimate of drug-likeness (QED) is 0.886. The van der Waals surface area contributed by atoms with Crippen LogP contribution in [0.2, 0.25) is 4.34 Å². The molecule has 0 radical (unpaired) electrons. The Labute approximate surface area is 123 Å². The molecule has 0 atom stereocenters. The second-order valence-electron chi connectivity index (χ2n) is 5.47. The van der Waals surface area contributed by atoms with Gasteiger partial charge < -0.3 is 5.32 Å². The van der Waals surface area contributed by atoms with Gasteiger partial charge in [0.25, 0.3) is 0 Å². The summed E-state index contributed by atoms with van der Waals surface area (Å²) in [6, 6.07) is 3.91. The van der Waals surface area contributed by atoms with E-state index < -0.39 is 0 Å². The van der Waals surface area contributed by atoms with Crippen molar-refractivity contribution in [1.29, 1.82) is 0 Å². The average Bonchev–Trinajstić information content (AvgIpc) is 2.74. The van der Waals surface area contributed by atoms with E-state index in [1.54, 1.807) is 11.3 Å². The zero-order valence-electron chi connectivity index (χ0n) is 11.8. The van der Waals surface area contributed by atoms with Gasteiger partial charge in [0.2, 0.25) is 0 Å². The van der Waals surface area contributed by atoms with Crippen LogP contribution in [0.25, 0.3) is 10.6 Å². The number of halogens is 1. The van der Waals surface area contributed by atoms with E-state index in [0.717, 1.165) is 32.1 Å². The van der Waals surface area contributed by atoms with Gasteiger partial charge in [0.05, 0.1) is 14.9 Å². The van der Waals surface area contributed by atoms with E-state index in [1.807, 2.05) is 26.1 Å². The van der Waals surface area contributed by atoms with Crippen molar-refractivity contribution >= 4 is 28.8 Å². The lowest BCUT2D eigenvalue weighted by molar-refractivity contribution is 0.546. The fraction of sp³-hybridized carbons (Fsp3) is 0.429. The van der Waals surface area contributed by atoms with E-state index >= 15 is 0 Å². The van der Waals surface area contributed by atoms with Crippen molar-refractivity contribution in [1.82, 2.24) is 9.97 Å². The lowest BCUT2D eigenvalue weighted by Gasteiger charge is -2.20. The lowest BCUT2D eigenvalue weighted by atomic mass is 9.95. The Hall–Kier alpha value is -1.13. The molecule has 0 aliphatic carbocycles. The Balaban J connectivity index is 2.65. The summed E-state index contributed by atoms with van der Waals surface area (Å²) in [5.74, 6) is 1.71. The van der Waals surface area contributed by atoms with Crippen LogP contribution in [0.4, 0.5) is 5.82 Å². The molecule has 0 amide bonds. The van der Waals surface area contributed by atoms with Gasteiger partial charge in [-0.05, 0) is 19.1 Å². The van der Waals surface area contributed by atoms with Crippen LogP contribution in [0.15, 0.2) is 12.1 Å². The number of nitrogens with zero attached hydrogens (tertiary/aromatic N) is 2. The fourth-order valence-corrected chi connectivity index (χ4v) is 2.87. The third kappa shape index (κ3) is 2.90. The van der Waals surface area contributed by atoms with Crippen molar-refractivity contribution in [2.45, 2.75) is 33.1 Å². The van der Waals surface area contributed by atoms with Crippen LogP contribution in [0.1, 0.15) is 32.2 Å². The van der Waals surface area contributed by atoms with Crippen LogP contribution in [0.5, 0.6) is 0 Å². The SMILES string of the molecule is CNc1nc(C(C)(C)C)nc(-c2ccc(Cl)s2)c1C. The van der Waals surface area contributed by atoms with Crippen LogP contribution >= 0.6 is 22.9 Å². The summed E-state index contributed by atoms with van der Waals surface area (Å²) in [7, 11) is 1.88. The first kappa shape index (κ1) is 14.3. The van der Waals surface area contributed by atoms with E-state index in [-0.39, 0.29) is 5.41 Å². The molecule has 19 heavy (non-hydrogen) atoms. The molecule has 2 heterocycles. The summed E-state index contributed by atoms with van der Waals surface area (Å²) in [5, 5.41) is 3.15. The van der Waals surface area contributed by atoms with Crippen molar-refractivity contribution in [3.63, 3.8) is 0 Å². The third-order valence-electron chi connectivity index (χ3n) is 2.86. The third-order valence-corrected chi connectivity index (χ3v) is 4.10. The molecule has 0 fully saturated rings. The smallest absolute Gasteiger partial charge is 0.136 e. The molecule has 0 saturated heterocycles. The van der Waals surface area contributed by atoms with E-state index in [0.29, 0.717) is 0 Å². The standard InChI is InChI=1S/C14H18ClN3S/c1-8-11(9-6-7-10(15)19-9)17-13(14(2,3)4)18-12(8)16-5/h6-7H,1-5H3,(H,16,17,18). The molecule has 0 saturated carbocycles. The molecule has 1 N–H and O–H groups in total. The molecule has 5 heteroatoms. The summed E-state index contributed by atoms with van der Waals surface area (Å²) in [6.07, 6.45) is 0. The maximum absolute atomic E-state index is 6.03. The van der Waals surface area contributed by atoms with Gasteiger partial charge in [-0.15, -0.1) is 11.3 Å². The number of rotatable bonds is 2. The highest BCUT2D eigenvalue weighted by Crippen LogP contribution is 2.35. The number of nitrogens with one attached hydrogen (secondary N) is 1. The zero-order chi connectivity index (χ0) is 14.2. The number of thiophene rings is 1. The first-order valence-corrected chi connectivity index (χ1v) is 7.35. The van der Waals surface area contributed by atoms with E-state index in [9.17, 15) is 0 Å². The fourth-order valence-electron chi connectivity index (χ4n) is 1.78. The molecule has 102 valence electrons. The molecular formula is C14H18ClN3S. The van der Waals surface area contributed by atoms with Crippen molar-refractivity contribution in [3.8, 4) is 10.6 Å². The summed E-state index contributed by atoms with van der Waals surface area (Å²) < 4.78 is 0.774. The highest BCUT2D eigenvalue weighted by atomic mass is 35.5. The molecule has 2 aromatic heterocycles. The predicted octanol–water partition coefficient (Wildman–Crippen LogP) is 4.51. The minimum Gasteiger partial charge on any atom is -0.373 e. The minimum atomic E-state index is -0.0882. The van der Waals surface area contributed by atoms with Gasteiger partial charge in [0, 0.05) is 18.0 Å². The van der Waals surface area contributed by atoms with Crippen molar-refractivity contribution in [3.05, 3.63) is 27.9 Å². The van der Waals surface area contributed by atoms with Gasteiger partial charge in [-0.2, -0.15) is 0 Å². The lowest BCUT2D eigenvalue weighted by Crippen LogP contribution is -2.18. The normalized spacial score (nSPS) is 11.7. The topological polar surface area (TPSA) is 37.8 Å². The Kier molecular flexibility index (Phi) is 3.83. The second kappa shape index (κ2) is 5.10. The van der Waals surface area contributed by atoms with Crippen LogP contribution in [-0.2, 0) is 5.41 Å². The van der Waals surface area contributed by atoms with E-state index in [2.05, 4.69) is 31.1 Å². The van der Waals surface area contributed by atoms with E-state index in [4.69, 9.17) is 16.6 Å². The molecule has 2 rings (SSSR count). The Bertz CT molecular complexity index is 599. The molecule has 0 aliphatic heterocycles. The number of hydrogen-bond donors (Lipinski definition) is 1. The molecule has 0 aliphatic rings. The maximum Gasteiger partial charge on any atom is 0.136 e. The first-order chi connectivity index (χ1) is 8.82. The van der Waals surface area contributed by atoms with Crippen LogP contribution in [0.3, 0.4) is 0 Å². The highest BCUT2D eigenvalue weighted by Gasteiger charge is 2.21.